The van der Waals surface area contributed by atoms with Gasteiger partial charge >= 0.3 is 0 Å². The fourth-order valence-corrected chi connectivity index (χ4v) is 8.36. The molecule has 266 valence electrons. The normalized spacial score (nSPS) is 11.9. The number of rotatable bonds is 5. The van der Waals surface area contributed by atoms with Crippen molar-refractivity contribution in [2.75, 3.05) is 0 Å². The predicted molar refractivity (Wildman–Crippen MR) is 230 cm³/mol. The van der Waals surface area contributed by atoms with Crippen LogP contribution in [-0.4, -0.2) is 19.5 Å². The molecule has 0 bridgehead atoms. The highest BCUT2D eigenvalue weighted by Gasteiger charge is 2.20. The summed E-state index contributed by atoms with van der Waals surface area (Å²) in [5.41, 5.74) is 11.4. The fraction of sp³-hybridized carbons (Fsp3) is 0. The second kappa shape index (κ2) is 12.3. The molecule has 0 N–H and O–H groups in total. The second-order valence-electron chi connectivity index (χ2n) is 14.4. The van der Waals surface area contributed by atoms with E-state index in [9.17, 15) is 0 Å². The summed E-state index contributed by atoms with van der Waals surface area (Å²) in [5.74, 6) is 1.76. The summed E-state index contributed by atoms with van der Waals surface area (Å²) in [6.45, 7) is 0. The summed E-state index contributed by atoms with van der Waals surface area (Å²) >= 11 is 0. The van der Waals surface area contributed by atoms with Gasteiger partial charge in [-0.25, -0.2) is 15.0 Å². The Hall–Kier alpha value is -7.83. The molecule has 12 rings (SSSR count). The van der Waals surface area contributed by atoms with Crippen LogP contribution >= 0.6 is 0 Å². The largest absolute Gasteiger partial charge is 0.456 e. The van der Waals surface area contributed by atoms with Gasteiger partial charge in [0.2, 0.25) is 0 Å². The summed E-state index contributed by atoms with van der Waals surface area (Å²) in [6.07, 6.45) is 0. The quantitative estimate of drug-likeness (QED) is 0.176. The molecule has 0 atom stereocenters. The molecule has 0 spiro atoms. The van der Waals surface area contributed by atoms with Crippen molar-refractivity contribution in [1.29, 1.82) is 0 Å². The third-order valence-electron chi connectivity index (χ3n) is 11.1. The van der Waals surface area contributed by atoms with Gasteiger partial charge in [-0.2, -0.15) is 0 Å². The monoisotopic (exact) mass is 730 g/mol. The van der Waals surface area contributed by atoms with Crippen LogP contribution in [0.4, 0.5) is 0 Å². The molecule has 0 aliphatic carbocycles. The SMILES string of the molecule is c1ccc(-c2ccc3c4ccccc4n(-c4ccc5oc6cc7oc8c(-c9nc(-c%10ccccc%10)nc(-c%10ccccc%10)n9)cccc8c7cc6c5c4)c3c2)cc1. The van der Waals surface area contributed by atoms with Crippen molar-refractivity contribution in [1.82, 2.24) is 19.5 Å². The molecule has 6 heteroatoms. The second-order valence-corrected chi connectivity index (χ2v) is 14.4. The number of fused-ring (bicyclic) bond motifs is 9. The maximum Gasteiger partial charge on any atom is 0.167 e. The van der Waals surface area contributed by atoms with Crippen LogP contribution in [0.25, 0.3) is 117 Å². The van der Waals surface area contributed by atoms with E-state index in [-0.39, 0.29) is 0 Å². The number of hydrogen-bond donors (Lipinski definition) is 0. The molecule has 4 heterocycles. The lowest BCUT2D eigenvalue weighted by atomic mass is 10.0. The third-order valence-corrected chi connectivity index (χ3v) is 11.1. The minimum Gasteiger partial charge on any atom is -0.456 e. The van der Waals surface area contributed by atoms with E-state index in [1.807, 2.05) is 78.9 Å². The molecule has 57 heavy (non-hydrogen) atoms. The van der Waals surface area contributed by atoms with Crippen molar-refractivity contribution in [2.24, 2.45) is 0 Å². The first-order valence-electron chi connectivity index (χ1n) is 19.0. The highest BCUT2D eigenvalue weighted by atomic mass is 16.3. The number of benzene rings is 8. The van der Waals surface area contributed by atoms with Crippen LogP contribution < -0.4 is 0 Å². The van der Waals surface area contributed by atoms with E-state index in [0.29, 0.717) is 23.1 Å². The van der Waals surface area contributed by atoms with Crippen molar-refractivity contribution >= 4 is 65.7 Å². The molecular weight excluding hydrogens is 701 g/mol. The Morgan fingerprint density at radius 2 is 0.930 bits per heavy atom. The minimum absolute atomic E-state index is 0.549. The molecule has 0 fully saturated rings. The highest BCUT2D eigenvalue weighted by molar-refractivity contribution is 6.17. The Bertz CT molecular complexity index is 3450. The van der Waals surface area contributed by atoms with E-state index in [4.69, 9.17) is 23.8 Å². The van der Waals surface area contributed by atoms with Crippen molar-refractivity contribution in [3.8, 4) is 51.0 Å². The predicted octanol–water partition coefficient (Wildman–Crippen LogP) is 13.4. The van der Waals surface area contributed by atoms with E-state index < -0.39 is 0 Å². The van der Waals surface area contributed by atoms with Gasteiger partial charge in [-0.3, -0.25) is 0 Å². The first-order chi connectivity index (χ1) is 28.2. The Morgan fingerprint density at radius 1 is 0.333 bits per heavy atom. The molecule has 8 aromatic carbocycles. The molecule has 0 radical (unpaired) electrons. The molecule has 0 aliphatic rings. The van der Waals surface area contributed by atoms with Crippen LogP contribution in [0.5, 0.6) is 0 Å². The molecule has 4 aromatic heterocycles. The molecule has 12 aromatic rings. The van der Waals surface area contributed by atoms with Gasteiger partial charge in [0.25, 0.3) is 0 Å². The summed E-state index contributed by atoms with van der Waals surface area (Å²) in [7, 11) is 0. The van der Waals surface area contributed by atoms with Crippen LogP contribution in [0.3, 0.4) is 0 Å². The average molecular weight is 731 g/mol. The van der Waals surface area contributed by atoms with Gasteiger partial charge in [-0.15, -0.1) is 0 Å². The number of hydrogen-bond acceptors (Lipinski definition) is 5. The first kappa shape index (κ1) is 31.5. The van der Waals surface area contributed by atoms with E-state index in [0.717, 1.165) is 71.7 Å². The third kappa shape index (κ3) is 5.01. The lowest BCUT2D eigenvalue weighted by Crippen LogP contribution is -2.00. The Balaban J connectivity index is 1.04. The Morgan fingerprint density at radius 3 is 1.68 bits per heavy atom. The fourth-order valence-electron chi connectivity index (χ4n) is 8.36. The minimum atomic E-state index is 0.549. The van der Waals surface area contributed by atoms with Crippen molar-refractivity contribution in [2.45, 2.75) is 0 Å². The topological polar surface area (TPSA) is 69.9 Å². The van der Waals surface area contributed by atoms with E-state index in [1.54, 1.807) is 0 Å². The maximum atomic E-state index is 6.70. The molecule has 0 saturated heterocycles. The van der Waals surface area contributed by atoms with Crippen LogP contribution in [0.2, 0.25) is 0 Å². The number of furan rings is 2. The van der Waals surface area contributed by atoms with Gasteiger partial charge in [0, 0.05) is 55.2 Å². The standard InChI is InChI=1S/C51H30N4O2/c1-4-13-31(14-5-1)34-23-25-37-36-19-10-11-22-43(36)55(44(37)27-34)35-24-26-45-40(28-35)42-29-41-38-20-12-21-39(48(38)57-47(41)30-46(42)56-45)51-53-49(32-15-6-2-7-16-32)52-50(54-51)33-17-8-3-9-18-33/h1-30H. The molecule has 0 amide bonds. The summed E-state index contributed by atoms with van der Waals surface area (Å²) < 4.78 is 15.6. The van der Waals surface area contributed by atoms with Crippen molar-refractivity contribution < 1.29 is 8.83 Å². The zero-order valence-electron chi connectivity index (χ0n) is 30.4. The summed E-state index contributed by atoms with van der Waals surface area (Å²) in [5, 5.41) is 6.48. The summed E-state index contributed by atoms with van der Waals surface area (Å²) in [6, 6.07) is 62.9. The van der Waals surface area contributed by atoms with Crippen LogP contribution in [0.15, 0.2) is 191 Å². The molecule has 0 aliphatic heterocycles. The van der Waals surface area contributed by atoms with Gasteiger partial charge in [-0.05, 0) is 53.6 Å². The van der Waals surface area contributed by atoms with E-state index in [2.05, 4.69) is 108 Å². The highest BCUT2D eigenvalue weighted by Crippen LogP contribution is 2.41. The smallest absolute Gasteiger partial charge is 0.167 e. The van der Waals surface area contributed by atoms with Crippen LogP contribution in [-0.2, 0) is 0 Å². The van der Waals surface area contributed by atoms with Gasteiger partial charge in [0.05, 0.1) is 16.6 Å². The lowest BCUT2D eigenvalue weighted by Gasteiger charge is -2.09. The van der Waals surface area contributed by atoms with Gasteiger partial charge in [0.1, 0.15) is 22.3 Å². The Kier molecular flexibility index (Phi) is 6.83. The Labute approximate surface area is 325 Å². The molecule has 0 saturated carbocycles. The van der Waals surface area contributed by atoms with Crippen molar-refractivity contribution in [3.63, 3.8) is 0 Å². The zero-order chi connectivity index (χ0) is 37.5. The van der Waals surface area contributed by atoms with Gasteiger partial charge < -0.3 is 13.4 Å². The molecular formula is C51H30N4O2. The number of para-hydroxylation sites is 2. The van der Waals surface area contributed by atoms with Gasteiger partial charge in [0.15, 0.2) is 17.5 Å². The molecule has 6 nitrogen and oxygen atoms in total. The number of nitrogens with zero attached hydrogens (tertiary/aromatic N) is 4. The zero-order valence-corrected chi connectivity index (χ0v) is 30.4. The summed E-state index contributed by atoms with van der Waals surface area (Å²) in [4.78, 5) is 14.9. The van der Waals surface area contributed by atoms with E-state index in [1.165, 1.54) is 21.9 Å². The van der Waals surface area contributed by atoms with E-state index >= 15 is 0 Å². The lowest BCUT2D eigenvalue weighted by molar-refractivity contribution is 0.656. The van der Waals surface area contributed by atoms with Gasteiger partial charge in [-0.1, -0.05) is 133 Å². The van der Waals surface area contributed by atoms with Crippen molar-refractivity contribution in [3.05, 3.63) is 182 Å². The molecule has 0 unspecified atom stereocenters. The first-order valence-corrected chi connectivity index (χ1v) is 19.0. The maximum absolute atomic E-state index is 6.70. The van der Waals surface area contributed by atoms with Crippen LogP contribution in [0, 0.1) is 0 Å². The average Bonchev–Trinajstić information content (AvgIpc) is 3.94. The van der Waals surface area contributed by atoms with Crippen LogP contribution in [0.1, 0.15) is 0 Å². The number of aromatic nitrogens is 4.